The molecule has 0 saturated heterocycles. The Kier molecular flexibility index (Phi) is 5.01. The molecule has 3 aromatic rings. The first kappa shape index (κ1) is 16.3. The third kappa shape index (κ3) is 3.68. The lowest BCUT2D eigenvalue weighted by Crippen LogP contribution is -2.16. The molecule has 1 amide bonds. The predicted octanol–water partition coefficient (Wildman–Crippen LogP) is 4.39. The number of aromatic nitrogens is 1. The Morgan fingerprint density at radius 2 is 2.04 bits per heavy atom. The first-order chi connectivity index (χ1) is 11.7. The predicted molar refractivity (Wildman–Crippen MR) is 96.1 cm³/mol. The average molecular weight is 340 g/mol. The molecule has 0 N–H and O–H groups in total. The molecule has 0 aliphatic rings. The van der Waals surface area contributed by atoms with Crippen LogP contribution in [0, 0.1) is 5.82 Å². The van der Waals surface area contributed by atoms with Gasteiger partial charge in [-0.3, -0.25) is 4.79 Å². The van der Waals surface area contributed by atoms with Crippen molar-refractivity contribution in [3.63, 3.8) is 0 Å². The molecule has 1 aromatic heterocycles. The van der Waals surface area contributed by atoms with Gasteiger partial charge in [-0.2, -0.15) is 4.99 Å². The quantitative estimate of drug-likeness (QED) is 0.649. The molecule has 2 aromatic carbocycles. The number of halogens is 1. The molecule has 0 atom stereocenters. The monoisotopic (exact) mass is 340 g/mol. The Labute approximate surface area is 143 Å². The Hall–Kier alpha value is -2.53. The zero-order chi connectivity index (χ0) is 16.9. The largest absolute Gasteiger partial charge is 0.316 e. The molecule has 0 aliphatic heterocycles. The van der Waals surface area contributed by atoms with E-state index in [2.05, 4.69) is 11.9 Å². The molecule has 0 spiro atoms. The maximum absolute atomic E-state index is 13.4. The fourth-order valence-corrected chi connectivity index (χ4v) is 3.52. The standard InChI is InChI=1S/C19H17FN2OS/c1-2-12-22-16-10-9-15(20)13-17(16)24-19(22)21-18(23)11-8-14-6-4-3-5-7-14/h3-11,13H,2,12H2,1H3/b11-8+,21-19?. The Morgan fingerprint density at radius 3 is 2.79 bits per heavy atom. The molecule has 122 valence electrons. The summed E-state index contributed by atoms with van der Waals surface area (Å²) >= 11 is 1.33. The highest BCUT2D eigenvalue weighted by Gasteiger charge is 2.07. The zero-order valence-electron chi connectivity index (χ0n) is 13.3. The van der Waals surface area contributed by atoms with Crippen LogP contribution in [0.5, 0.6) is 0 Å². The van der Waals surface area contributed by atoms with Crippen LogP contribution in [0.4, 0.5) is 4.39 Å². The van der Waals surface area contributed by atoms with E-state index in [1.165, 1.54) is 29.5 Å². The number of nitrogens with zero attached hydrogens (tertiary/aromatic N) is 2. The zero-order valence-corrected chi connectivity index (χ0v) is 14.1. The molecule has 1 heterocycles. The van der Waals surface area contributed by atoms with E-state index in [0.29, 0.717) is 4.80 Å². The van der Waals surface area contributed by atoms with E-state index in [1.807, 2.05) is 34.9 Å². The summed E-state index contributed by atoms with van der Waals surface area (Å²) in [5.41, 5.74) is 1.85. The summed E-state index contributed by atoms with van der Waals surface area (Å²) in [4.78, 5) is 16.9. The topological polar surface area (TPSA) is 34.4 Å². The number of thiazole rings is 1. The van der Waals surface area contributed by atoms with Crippen molar-refractivity contribution in [3.05, 3.63) is 70.8 Å². The Bertz CT molecular complexity index is 954. The van der Waals surface area contributed by atoms with E-state index >= 15 is 0 Å². The van der Waals surface area contributed by atoms with Crippen LogP contribution < -0.4 is 4.80 Å². The number of rotatable bonds is 4. The van der Waals surface area contributed by atoms with Crippen LogP contribution in [0.2, 0.25) is 0 Å². The van der Waals surface area contributed by atoms with Crippen molar-refractivity contribution in [2.45, 2.75) is 19.9 Å². The molecule has 24 heavy (non-hydrogen) atoms. The van der Waals surface area contributed by atoms with Crippen LogP contribution in [-0.2, 0) is 11.3 Å². The lowest BCUT2D eigenvalue weighted by atomic mass is 10.2. The van der Waals surface area contributed by atoms with Crippen LogP contribution >= 0.6 is 11.3 Å². The van der Waals surface area contributed by atoms with E-state index < -0.39 is 0 Å². The SMILES string of the molecule is CCCn1c(=NC(=O)/C=C/c2ccccc2)sc2cc(F)ccc21. The van der Waals surface area contributed by atoms with E-state index in [4.69, 9.17) is 0 Å². The Balaban J connectivity index is 1.98. The number of hydrogen-bond donors (Lipinski definition) is 0. The summed E-state index contributed by atoms with van der Waals surface area (Å²) in [6.45, 7) is 2.79. The molecule has 0 aliphatic carbocycles. The van der Waals surface area contributed by atoms with Gasteiger partial charge in [0.05, 0.1) is 10.2 Å². The summed E-state index contributed by atoms with van der Waals surface area (Å²) in [6, 6.07) is 14.2. The normalized spacial score (nSPS) is 12.3. The van der Waals surface area contributed by atoms with Crippen molar-refractivity contribution >= 4 is 33.5 Å². The summed E-state index contributed by atoms with van der Waals surface area (Å²) in [5.74, 6) is -0.606. The van der Waals surface area contributed by atoms with Gasteiger partial charge in [0.25, 0.3) is 5.91 Å². The molecule has 0 unspecified atom stereocenters. The van der Waals surface area contributed by atoms with Gasteiger partial charge in [-0.05, 0) is 36.3 Å². The van der Waals surface area contributed by atoms with Crippen molar-refractivity contribution in [1.82, 2.24) is 4.57 Å². The van der Waals surface area contributed by atoms with Crippen molar-refractivity contribution in [1.29, 1.82) is 0 Å². The minimum absolute atomic E-state index is 0.283. The second kappa shape index (κ2) is 7.36. The summed E-state index contributed by atoms with van der Waals surface area (Å²) < 4.78 is 16.2. The van der Waals surface area contributed by atoms with Gasteiger partial charge in [-0.25, -0.2) is 4.39 Å². The van der Waals surface area contributed by atoms with Gasteiger partial charge in [0.2, 0.25) is 0 Å². The van der Waals surface area contributed by atoms with Crippen molar-refractivity contribution < 1.29 is 9.18 Å². The number of fused-ring (bicyclic) bond motifs is 1. The molecule has 5 heteroatoms. The fourth-order valence-electron chi connectivity index (χ4n) is 2.44. The maximum Gasteiger partial charge on any atom is 0.272 e. The minimum atomic E-state index is -0.323. The molecule has 3 nitrogen and oxygen atoms in total. The molecule has 0 radical (unpaired) electrons. The van der Waals surface area contributed by atoms with Gasteiger partial charge < -0.3 is 4.57 Å². The van der Waals surface area contributed by atoms with Gasteiger partial charge in [0.1, 0.15) is 5.82 Å². The third-order valence-electron chi connectivity index (χ3n) is 3.52. The smallest absolute Gasteiger partial charge is 0.272 e. The highest BCUT2D eigenvalue weighted by molar-refractivity contribution is 7.16. The Morgan fingerprint density at radius 1 is 1.25 bits per heavy atom. The number of amides is 1. The first-order valence-corrected chi connectivity index (χ1v) is 8.60. The number of carbonyl (C=O) groups excluding carboxylic acids is 1. The van der Waals surface area contributed by atoms with Gasteiger partial charge in [-0.1, -0.05) is 48.6 Å². The average Bonchev–Trinajstić information content (AvgIpc) is 2.91. The number of benzene rings is 2. The van der Waals surface area contributed by atoms with Gasteiger partial charge >= 0.3 is 0 Å². The van der Waals surface area contributed by atoms with E-state index in [0.717, 1.165) is 28.7 Å². The third-order valence-corrected chi connectivity index (χ3v) is 4.56. The van der Waals surface area contributed by atoms with Crippen molar-refractivity contribution in [3.8, 4) is 0 Å². The second-order valence-corrected chi connectivity index (χ2v) is 6.35. The van der Waals surface area contributed by atoms with Crippen LogP contribution in [0.3, 0.4) is 0 Å². The number of carbonyl (C=O) groups is 1. The molecular weight excluding hydrogens is 323 g/mol. The fraction of sp³-hybridized carbons (Fsp3) is 0.158. The summed E-state index contributed by atoms with van der Waals surface area (Å²) in [5, 5.41) is 0. The number of aryl methyl sites for hydroxylation is 1. The van der Waals surface area contributed by atoms with E-state index in [-0.39, 0.29) is 11.7 Å². The van der Waals surface area contributed by atoms with Crippen molar-refractivity contribution in [2.24, 2.45) is 4.99 Å². The summed E-state index contributed by atoms with van der Waals surface area (Å²) in [6.07, 6.45) is 4.10. The van der Waals surface area contributed by atoms with Crippen LogP contribution in [-0.4, -0.2) is 10.5 Å². The van der Waals surface area contributed by atoms with E-state index in [9.17, 15) is 9.18 Å². The second-order valence-electron chi connectivity index (χ2n) is 5.34. The van der Waals surface area contributed by atoms with Crippen LogP contribution in [0.1, 0.15) is 18.9 Å². The highest BCUT2D eigenvalue weighted by Crippen LogP contribution is 2.19. The van der Waals surface area contributed by atoms with Gasteiger partial charge in [0.15, 0.2) is 4.80 Å². The van der Waals surface area contributed by atoms with E-state index in [1.54, 1.807) is 12.1 Å². The molecule has 0 bridgehead atoms. The summed E-state index contributed by atoms with van der Waals surface area (Å²) in [7, 11) is 0. The lowest BCUT2D eigenvalue weighted by molar-refractivity contribution is -0.113. The van der Waals surface area contributed by atoms with Crippen LogP contribution in [0.15, 0.2) is 59.6 Å². The first-order valence-electron chi connectivity index (χ1n) is 7.78. The highest BCUT2D eigenvalue weighted by atomic mass is 32.1. The lowest BCUT2D eigenvalue weighted by Gasteiger charge is -2.01. The maximum atomic E-state index is 13.4. The van der Waals surface area contributed by atoms with Gasteiger partial charge in [0, 0.05) is 12.6 Å². The van der Waals surface area contributed by atoms with Gasteiger partial charge in [-0.15, -0.1) is 0 Å². The molecule has 0 saturated carbocycles. The molecular formula is C19H17FN2OS. The van der Waals surface area contributed by atoms with Crippen LogP contribution in [0.25, 0.3) is 16.3 Å². The minimum Gasteiger partial charge on any atom is -0.316 e. The number of hydrogen-bond acceptors (Lipinski definition) is 2. The molecule has 0 fully saturated rings. The van der Waals surface area contributed by atoms with Crippen molar-refractivity contribution in [2.75, 3.05) is 0 Å². The molecule has 3 rings (SSSR count).